The highest BCUT2D eigenvalue weighted by Gasteiger charge is 2.31. The summed E-state index contributed by atoms with van der Waals surface area (Å²) in [5.74, 6) is 0.553. The molecule has 4 aromatic carbocycles. The molecule has 8 rings (SSSR count). The van der Waals surface area contributed by atoms with Crippen LogP contribution >= 0.6 is 0 Å². The maximum Gasteiger partial charge on any atom is 0.352 e. The third-order valence-electron chi connectivity index (χ3n) is 11.8. The number of aromatic carboxylic acids is 1. The summed E-state index contributed by atoms with van der Waals surface area (Å²) in [6.45, 7) is 8.77. The molecule has 1 N–H and O–H groups in total. The molecule has 1 fully saturated rings. The first kappa shape index (κ1) is 41.3. The van der Waals surface area contributed by atoms with E-state index >= 15 is 0 Å². The number of aryl methyl sites for hydroxylation is 3. The summed E-state index contributed by atoms with van der Waals surface area (Å²) in [5, 5.41) is 18.8. The lowest BCUT2D eigenvalue weighted by Gasteiger charge is -2.37. The number of nitrogens with zero attached hydrogens (tertiary/aromatic N) is 6. The van der Waals surface area contributed by atoms with Crippen molar-refractivity contribution in [3.05, 3.63) is 108 Å². The maximum absolute atomic E-state index is 13.2. The van der Waals surface area contributed by atoms with Gasteiger partial charge in [-0.1, -0.05) is 68.4 Å². The monoisotopic (exact) mass is 834 g/mol. The molecule has 13 nitrogen and oxygen atoms in total. The molecule has 2 aliphatic heterocycles. The lowest BCUT2D eigenvalue weighted by atomic mass is 9.98. The highest BCUT2D eigenvalue weighted by atomic mass is 32.2. The van der Waals surface area contributed by atoms with Crippen LogP contribution in [-0.4, -0.2) is 94.9 Å². The van der Waals surface area contributed by atoms with Gasteiger partial charge in [0.1, 0.15) is 29.5 Å². The van der Waals surface area contributed by atoms with Crippen molar-refractivity contribution in [1.82, 2.24) is 23.0 Å². The summed E-state index contributed by atoms with van der Waals surface area (Å²) in [5.41, 5.74) is 6.43. The SMILES string of the molecule is CCN(CC)S(=O)(=O)N1CCN(c2ccc(OCc3nn(C)c4c3-c3cccc5c(CCCOc6cccc7ccccc67)c(C(=O)O)n(c35)CCCCOC4)cc2)CC1. The normalized spacial score (nSPS) is 15.3. The molecular weight excluding hydrogens is 781 g/mol. The number of hydrogen-bond donors (Lipinski definition) is 1. The van der Waals surface area contributed by atoms with E-state index in [2.05, 4.69) is 29.2 Å². The highest BCUT2D eigenvalue weighted by molar-refractivity contribution is 7.86. The Hall–Kier alpha value is -5.41. The van der Waals surface area contributed by atoms with Gasteiger partial charge in [-0.25, -0.2) is 4.79 Å². The molecule has 2 aromatic heterocycles. The fourth-order valence-corrected chi connectivity index (χ4v) is 10.4. The Bertz CT molecular complexity index is 2570. The van der Waals surface area contributed by atoms with Crippen LogP contribution in [0.3, 0.4) is 0 Å². The predicted octanol–water partition coefficient (Wildman–Crippen LogP) is 7.50. The van der Waals surface area contributed by atoms with E-state index in [1.54, 1.807) is 4.31 Å². The fourth-order valence-electron chi connectivity index (χ4n) is 8.79. The lowest BCUT2D eigenvalue weighted by molar-refractivity contribution is 0.0683. The second kappa shape index (κ2) is 18.1. The van der Waals surface area contributed by atoms with Gasteiger partial charge < -0.3 is 28.8 Å². The van der Waals surface area contributed by atoms with Gasteiger partial charge in [-0.05, 0) is 67.0 Å². The van der Waals surface area contributed by atoms with E-state index in [-0.39, 0.29) is 6.61 Å². The molecule has 60 heavy (non-hydrogen) atoms. The Balaban J connectivity index is 1.04. The number of ether oxygens (including phenoxy) is 3. The van der Waals surface area contributed by atoms with E-state index in [0.717, 1.165) is 74.0 Å². The molecule has 6 aromatic rings. The largest absolute Gasteiger partial charge is 0.493 e. The molecule has 0 spiro atoms. The van der Waals surface area contributed by atoms with Gasteiger partial charge in [0.2, 0.25) is 0 Å². The summed E-state index contributed by atoms with van der Waals surface area (Å²) >= 11 is 0. The van der Waals surface area contributed by atoms with E-state index in [1.807, 2.05) is 90.8 Å². The van der Waals surface area contributed by atoms with Crippen molar-refractivity contribution >= 4 is 43.5 Å². The first-order valence-electron chi connectivity index (χ1n) is 21.0. The molecule has 0 amide bonds. The molecule has 4 heterocycles. The van der Waals surface area contributed by atoms with Crippen molar-refractivity contribution in [2.24, 2.45) is 7.05 Å². The van der Waals surface area contributed by atoms with Crippen molar-refractivity contribution in [3.63, 3.8) is 0 Å². The smallest absolute Gasteiger partial charge is 0.352 e. The number of carbonyl (C=O) groups is 1. The van der Waals surface area contributed by atoms with Crippen LogP contribution in [0.4, 0.5) is 5.69 Å². The zero-order valence-corrected chi connectivity index (χ0v) is 35.5. The minimum Gasteiger partial charge on any atom is -0.493 e. The first-order chi connectivity index (χ1) is 29.2. The molecule has 0 radical (unpaired) electrons. The molecule has 0 atom stereocenters. The predicted molar refractivity (Wildman–Crippen MR) is 234 cm³/mol. The number of aromatic nitrogens is 3. The minimum absolute atomic E-state index is 0.186. The number of fused-ring (bicyclic) bond motifs is 3. The summed E-state index contributed by atoms with van der Waals surface area (Å²) in [7, 11) is -1.55. The molecule has 0 bridgehead atoms. The van der Waals surface area contributed by atoms with Crippen molar-refractivity contribution in [3.8, 4) is 22.6 Å². The summed E-state index contributed by atoms with van der Waals surface area (Å²) < 4.78 is 51.9. The van der Waals surface area contributed by atoms with Crippen LogP contribution in [0.2, 0.25) is 0 Å². The van der Waals surface area contributed by atoms with E-state index in [1.165, 1.54) is 4.31 Å². The standard InChI is InChI=1S/C46H54N6O7S/c1-4-50(5-2)60(55,56)51-27-25-49(26-28-51)34-20-22-35(23-21-34)59-31-40-43-39-17-11-16-37-38(18-12-30-58-42-19-10-14-33-13-6-7-15-36(33)42)45(46(53)54)52(44(37)39)24-8-9-29-57-32-41(43)48(3)47-40/h6-7,10-11,13-17,19-23H,4-5,8-9,12,18,24-32H2,1-3H3,(H,53,54). The van der Waals surface area contributed by atoms with Crippen molar-refractivity contribution in [1.29, 1.82) is 0 Å². The number of carboxylic acids is 1. The zero-order valence-electron chi connectivity index (χ0n) is 34.7. The molecule has 1 saturated heterocycles. The van der Waals surface area contributed by atoms with Crippen LogP contribution < -0.4 is 14.4 Å². The second-order valence-corrected chi connectivity index (χ2v) is 17.3. The van der Waals surface area contributed by atoms with Crippen LogP contribution in [0.25, 0.3) is 32.8 Å². The van der Waals surface area contributed by atoms with Gasteiger partial charge in [0.05, 0.1) is 24.4 Å². The van der Waals surface area contributed by atoms with Crippen molar-refractivity contribution in [2.75, 3.05) is 57.4 Å². The summed E-state index contributed by atoms with van der Waals surface area (Å²) in [6.07, 6.45) is 2.75. The number of hydrogen-bond acceptors (Lipinski definition) is 8. The van der Waals surface area contributed by atoms with E-state index < -0.39 is 16.2 Å². The van der Waals surface area contributed by atoms with Gasteiger partial charge in [0, 0.05) is 87.1 Å². The molecule has 0 aliphatic carbocycles. The second-order valence-electron chi connectivity index (χ2n) is 15.3. The topological polar surface area (TPSA) is 132 Å². The van der Waals surface area contributed by atoms with Gasteiger partial charge in [0.15, 0.2) is 0 Å². The molecule has 14 heteroatoms. The van der Waals surface area contributed by atoms with Crippen molar-refractivity contribution in [2.45, 2.75) is 59.3 Å². The Morgan fingerprint density at radius 3 is 2.37 bits per heavy atom. The van der Waals surface area contributed by atoms with E-state index in [9.17, 15) is 18.3 Å². The number of anilines is 1. The van der Waals surface area contributed by atoms with Gasteiger partial charge >= 0.3 is 5.97 Å². The fraction of sp³-hybridized carbons (Fsp3) is 0.391. The Morgan fingerprint density at radius 2 is 1.60 bits per heavy atom. The van der Waals surface area contributed by atoms with Crippen LogP contribution in [0.5, 0.6) is 11.5 Å². The number of piperazine rings is 1. The van der Waals surface area contributed by atoms with Gasteiger partial charge in [0.25, 0.3) is 10.2 Å². The van der Waals surface area contributed by atoms with E-state index in [4.69, 9.17) is 19.3 Å². The van der Waals surface area contributed by atoms with Gasteiger partial charge in [-0.3, -0.25) is 4.68 Å². The number of carboxylic acid groups (broad SMARTS) is 1. The molecule has 0 saturated carbocycles. The average molecular weight is 835 g/mol. The Labute approximate surface area is 351 Å². The van der Waals surface area contributed by atoms with Crippen LogP contribution in [-0.2, 0) is 48.2 Å². The summed E-state index contributed by atoms with van der Waals surface area (Å²) in [4.78, 5) is 15.4. The third kappa shape index (κ3) is 8.21. The highest BCUT2D eigenvalue weighted by Crippen LogP contribution is 2.39. The lowest BCUT2D eigenvalue weighted by Crippen LogP contribution is -2.53. The van der Waals surface area contributed by atoms with Crippen molar-refractivity contribution < 1.29 is 32.5 Å². The Kier molecular flexibility index (Phi) is 12.4. The first-order valence-corrected chi connectivity index (χ1v) is 22.4. The van der Waals surface area contributed by atoms with Crippen LogP contribution in [0.15, 0.2) is 84.9 Å². The van der Waals surface area contributed by atoms with Gasteiger partial charge in [-0.15, -0.1) is 0 Å². The minimum atomic E-state index is -3.47. The number of benzene rings is 4. The van der Waals surface area contributed by atoms with Gasteiger partial charge in [-0.2, -0.15) is 22.1 Å². The third-order valence-corrected chi connectivity index (χ3v) is 14.0. The molecule has 2 aliphatic rings. The van der Waals surface area contributed by atoms with Crippen LogP contribution in [0, 0.1) is 0 Å². The van der Waals surface area contributed by atoms with Crippen LogP contribution in [0.1, 0.15) is 60.5 Å². The molecule has 316 valence electrons. The number of para-hydroxylation sites is 1. The zero-order chi connectivity index (χ0) is 41.8. The average Bonchev–Trinajstić information content (AvgIpc) is 3.75. The summed E-state index contributed by atoms with van der Waals surface area (Å²) in [6, 6.07) is 28.2. The molecular formula is C46H54N6O7S. The van der Waals surface area contributed by atoms with E-state index in [0.29, 0.717) is 89.9 Å². The quantitative estimate of drug-likeness (QED) is 0.111. The maximum atomic E-state index is 13.2. The Morgan fingerprint density at radius 1 is 0.867 bits per heavy atom. The molecule has 0 unspecified atom stereocenters. The number of rotatable bonds is 14.